The molecule has 2 rings (SSSR count). The van der Waals surface area contributed by atoms with E-state index in [2.05, 4.69) is 17.2 Å². The van der Waals surface area contributed by atoms with Gasteiger partial charge in [-0.25, -0.2) is 9.59 Å². The van der Waals surface area contributed by atoms with Crippen molar-refractivity contribution >= 4 is 18.0 Å². The number of esters is 1. The second kappa shape index (κ2) is 9.00. The molecule has 1 unspecified atom stereocenters. The number of fused-ring (bicyclic) bond motifs is 1. The second-order valence-corrected chi connectivity index (χ2v) is 6.54. The van der Waals surface area contributed by atoms with Crippen LogP contribution in [0.15, 0.2) is 12.7 Å². The molecule has 26 heavy (non-hydrogen) atoms. The molecule has 1 heterocycles. The first kappa shape index (κ1) is 20.2. The van der Waals surface area contributed by atoms with Crippen LogP contribution < -0.4 is 10.6 Å². The van der Waals surface area contributed by atoms with Gasteiger partial charge in [0.25, 0.3) is 0 Å². The standard InChI is InChI=1S/C17H26N2O7/c1-4-7-25-17(23)18-9(2)15(21)19-11(16(22)24-3)8-10-5-6-12(20)14-13(10)26-14/h4,9-14,20H,1,5-8H2,2-3H3,(H,18,23)(H,19,21)/t9-,10+,11-,12?,13-,14+/m0/s1. The number of methoxy groups -OCH3 is 1. The van der Waals surface area contributed by atoms with Crippen molar-refractivity contribution in [1.29, 1.82) is 0 Å². The molecule has 0 aromatic carbocycles. The average molecular weight is 370 g/mol. The Bertz CT molecular complexity index is 553. The molecule has 0 bridgehead atoms. The summed E-state index contributed by atoms with van der Waals surface area (Å²) in [6.45, 7) is 4.93. The Balaban J connectivity index is 1.88. The monoisotopic (exact) mass is 370 g/mol. The number of carbonyl (C=O) groups is 3. The highest BCUT2D eigenvalue weighted by molar-refractivity contribution is 5.89. The fourth-order valence-electron chi connectivity index (χ4n) is 3.16. The van der Waals surface area contributed by atoms with Crippen molar-refractivity contribution in [3.05, 3.63) is 12.7 Å². The van der Waals surface area contributed by atoms with Crippen molar-refractivity contribution in [2.24, 2.45) is 5.92 Å². The van der Waals surface area contributed by atoms with Gasteiger partial charge in [0.05, 0.1) is 19.3 Å². The van der Waals surface area contributed by atoms with Crippen LogP contribution in [0.2, 0.25) is 0 Å². The third kappa shape index (κ3) is 5.18. The fraction of sp³-hybridized carbons (Fsp3) is 0.706. The van der Waals surface area contributed by atoms with Gasteiger partial charge >= 0.3 is 12.1 Å². The van der Waals surface area contributed by atoms with Crippen molar-refractivity contribution < 1.29 is 33.7 Å². The smallest absolute Gasteiger partial charge is 0.408 e. The predicted molar refractivity (Wildman–Crippen MR) is 90.1 cm³/mol. The van der Waals surface area contributed by atoms with Gasteiger partial charge in [0, 0.05) is 0 Å². The third-order valence-corrected chi connectivity index (χ3v) is 4.64. The van der Waals surface area contributed by atoms with Gasteiger partial charge in [-0.3, -0.25) is 4.79 Å². The van der Waals surface area contributed by atoms with E-state index in [1.807, 2.05) is 0 Å². The number of aliphatic hydroxyl groups is 1. The van der Waals surface area contributed by atoms with Gasteiger partial charge in [0.15, 0.2) is 0 Å². The van der Waals surface area contributed by atoms with E-state index in [-0.39, 0.29) is 24.7 Å². The zero-order chi connectivity index (χ0) is 19.3. The molecule has 1 saturated heterocycles. The molecule has 9 nitrogen and oxygen atoms in total. The number of rotatable bonds is 8. The van der Waals surface area contributed by atoms with E-state index < -0.39 is 36.2 Å². The summed E-state index contributed by atoms with van der Waals surface area (Å²) in [5.41, 5.74) is 0. The Morgan fingerprint density at radius 1 is 1.31 bits per heavy atom. The van der Waals surface area contributed by atoms with E-state index in [0.717, 1.165) is 0 Å². The van der Waals surface area contributed by atoms with Crippen molar-refractivity contribution in [3.63, 3.8) is 0 Å². The number of alkyl carbamates (subject to hydrolysis) is 1. The molecule has 0 spiro atoms. The maximum absolute atomic E-state index is 12.3. The summed E-state index contributed by atoms with van der Waals surface area (Å²) in [6.07, 6.45) is 1.57. The summed E-state index contributed by atoms with van der Waals surface area (Å²) in [5.74, 6) is -1.04. The Kier molecular flexibility index (Phi) is 6.98. The molecule has 0 aromatic heterocycles. The highest BCUT2D eigenvalue weighted by atomic mass is 16.6. The van der Waals surface area contributed by atoms with Crippen LogP contribution >= 0.6 is 0 Å². The number of carbonyl (C=O) groups excluding carboxylic acids is 3. The fourth-order valence-corrected chi connectivity index (χ4v) is 3.16. The molecule has 0 radical (unpaired) electrons. The molecule has 3 N–H and O–H groups in total. The van der Waals surface area contributed by atoms with Crippen molar-refractivity contribution in [1.82, 2.24) is 10.6 Å². The molecule has 146 valence electrons. The van der Waals surface area contributed by atoms with Gasteiger partial charge < -0.3 is 30.0 Å². The summed E-state index contributed by atoms with van der Waals surface area (Å²) in [5, 5.41) is 14.7. The first-order valence-corrected chi connectivity index (χ1v) is 8.63. The van der Waals surface area contributed by atoms with E-state index in [4.69, 9.17) is 14.2 Å². The molecule has 1 saturated carbocycles. The lowest BCUT2D eigenvalue weighted by Gasteiger charge is -2.26. The van der Waals surface area contributed by atoms with E-state index in [0.29, 0.717) is 19.3 Å². The van der Waals surface area contributed by atoms with Gasteiger partial charge in [-0.1, -0.05) is 12.7 Å². The van der Waals surface area contributed by atoms with Gasteiger partial charge in [-0.05, 0) is 32.1 Å². The lowest BCUT2D eigenvalue weighted by Crippen LogP contribution is -2.51. The van der Waals surface area contributed by atoms with Crippen molar-refractivity contribution in [2.75, 3.05) is 13.7 Å². The van der Waals surface area contributed by atoms with Crippen LogP contribution in [0.25, 0.3) is 0 Å². The predicted octanol–water partition coefficient (Wildman–Crippen LogP) is -0.127. The molecular formula is C17H26N2O7. The molecule has 6 atom stereocenters. The molecule has 9 heteroatoms. The van der Waals surface area contributed by atoms with Crippen LogP contribution in [0.4, 0.5) is 4.79 Å². The summed E-state index contributed by atoms with van der Waals surface area (Å²) < 4.78 is 15.0. The van der Waals surface area contributed by atoms with Gasteiger partial charge in [-0.15, -0.1) is 0 Å². The number of epoxide rings is 1. The SMILES string of the molecule is C=CCOC(=O)N[C@@H](C)C(=O)N[C@@H](C[C@H]1CCC(O)[C@H]2O[C@@H]12)C(=O)OC. The van der Waals surface area contributed by atoms with Crippen LogP contribution in [0.3, 0.4) is 0 Å². The molecular weight excluding hydrogens is 344 g/mol. The molecule has 0 aromatic rings. The Labute approximate surface area is 152 Å². The lowest BCUT2D eigenvalue weighted by atomic mass is 9.83. The Hall–Kier alpha value is -2.13. The van der Waals surface area contributed by atoms with E-state index in [1.54, 1.807) is 0 Å². The van der Waals surface area contributed by atoms with Crippen LogP contribution in [-0.2, 0) is 23.8 Å². The zero-order valence-corrected chi connectivity index (χ0v) is 15.0. The number of nitrogens with one attached hydrogen (secondary N) is 2. The summed E-state index contributed by atoms with van der Waals surface area (Å²) in [7, 11) is 1.25. The molecule has 1 aliphatic heterocycles. The first-order valence-electron chi connectivity index (χ1n) is 8.63. The van der Waals surface area contributed by atoms with Crippen LogP contribution in [0.1, 0.15) is 26.2 Å². The van der Waals surface area contributed by atoms with Gasteiger partial charge in [0.1, 0.15) is 24.8 Å². The highest BCUT2D eigenvalue weighted by Crippen LogP contribution is 2.42. The average Bonchev–Trinajstić information content (AvgIpc) is 3.42. The number of hydrogen-bond acceptors (Lipinski definition) is 7. The van der Waals surface area contributed by atoms with Crippen LogP contribution in [-0.4, -0.2) is 67.2 Å². The Morgan fingerprint density at radius 3 is 2.69 bits per heavy atom. The van der Waals surface area contributed by atoms with Crippen LogP contribution in [0, 0.1) is 5.92 Å². The maximum atomic E-state index is 12.3. The minimum Gasteiger partial charge on any atom is -0.467 e. The molecule has 2 amide bonds. The molecule has 1 aliphatic carbocycles. The second-order valence-electron chi connectivity index (χ2n) is 6.54. The minimum atomic E-state index is -0.891. The number of ether oxygens (including phenoxy) is 3. The summed E-state index contributed by atoms with van der Waals surface area (Å²) in [6, 6.07) is -1.75. The van der Waals surface area contributed by atoms with E-state index >= 15 is 0 Å². The summed E-state index contributed by atoms with van der Waals surface area (Å²) >= 11 is 0. The largest absolute Gasteiger partial charge is 0.467 e. The Morgan fingerprint density at radius 2 is 2.04 bits per heavy atom. The van der Waals surface area contributed by atoms with E-state index in [9.17, 15) is 19.5 Å². The number of hydrogen-bond donors (Lipinski definition) is 3. The third-order valence-electron chi connectivity index (χ3n) is 4.64. The normalized spacial score (nSPS) is 28.7. The van der Waals surface area contributed by atoms with Crippen molar-refractivity contribution in [2.45, 2.75) is 56.6 Å². The maximum Gasteiger partial charge on any atom is 0.408 e. The summed E-state index contributed by atoms with van der Waals surface area (Å²) in [4.78, 5) is 35.8. The number of aliphatic hydroxyl groups excluding tert-OH is 1. The molecule has 2 fully saturated rings. The number of amides is 2. The zero-order valence-electron chi connectivity index (χ0n) is 15.0. The van der Waals surface area contributed by atoms with E-state index in [1.165, 1.54) is 20.1 Å². The van der Waals surface area contributed by atoms with Crippen LogP contribution in [0.5, 0.6) is 0 Å². The quantitative estimate of drug-likeness (QED) is 0.309. The minimum absolute atomic E-state index is 0.0288. The highest BCUT2D eigenvalue weighted by Gasteiger charge is 2.53. The lowest BCUT2D eigenvalue weighted by molar-refractivity contribution is -0.145. The topological polar surface area (TPSA) is 126 Å². The first-order chi connectivity index (χ1) is 12.4. The molecule has 2 aliphatic rings. The van der Waals surface area contributed by atoms with Gasteiger partial charge in [0.2, 0.25) is 5.91 Å². The van der Waals surface area contributed by atoms with Gasteiger partial charge in [-0.2, -0.15) is 0 Å². The van der Waals surface area contributed by atoms with Crippen molar-refractivity contribution in [3.8, 4) is 0 Å².